The third kappa shape index (κ3) is 2.67. The second kappa shape index (κ2) is 4.89. The monoisotopic (exact) mass is 314 g/mol. The summed E-state index contributed by atoms with van der Waals surface area (Å²) in [6, 6.07) is 3.90. The van der Waals surface area contributed by atoms with Crippen molar-refractivity contribution in [3.8, 4) is 0 Å². The topological polar surface area (TPSA) is 83.8 Å². The first-order valence-corrected chi connectivity index (χ1v) is 6.51. The van der Waals surface area contributed by atoms with E-state index in [1.807, 2.05) is 12.1 Å². The number of aryl methyl sites for hydroxylation is 1. The lowest BCUT2D eigenvalue weighted by Gasteiger charge is -2.01. The lowest BCUT2D eigenvalue weighted by Crippen LogP contribution is -2.23. The zero-order valence-electron chi connectivity index (χ0n) is 9.08. The minimum Gasteiger partial charge on any atom is -0.395 e. The van der Waals surface area contributed by atoms with Crippen LogP contribution in [-0.4, -0.2) is 16.1 Å². The van der Waals surface area contributed by atoms with E-state index in [0.717, 1.165) is 8.66 Å². The molecule has 2 rings (SSSR count). The maximum atomic E-state index is 11.8. The molecular formula is C10H11BrN4OS. The minimum absolute atomic E-state index is 0.248. The number of anilines is 1. The molecule has 0 aliphatic rings. The van der Waals surface area contributed by atoms with E-state index in [2.05, 4.69) is 31.4 Å². The van der Waals surface area contributed by atoms with Crippen LogP contribution >= 0.6 is 27.3 Å². The van der Waals surface area contributed by atoms with Gasteiger partial charge in [-0.1, -0.05) is 0 Å². The van der Waals surface area contributed by atoms with Crippen LogP contribution in [0.15, 0.2) is 15.9 Å². The van der Waals surface area contributed by atoms with Gasteiger partial charge in [-0.25, -0.2) is 0 Å². The Labute approximate surface area is 111 Å². The van der Waals surface area contributed by atoms with Gasteiger partial charge in [0.05, 0.1) is 21.7 Å². The molecule has 0 bridgehead atoms. The van der Waals surface area contributed by atoms with Gasteiger partial charge in [0.2, 0.25) is 0 Å². The molecule has 2 aromatic rings. The number of aromatic amines is 1. The summed E-state index contributed by atoms with van der Waals surface area (Å²) >= 11 is 4.94. The van der Waals surface area contributed by atoms with Crippen molar-refractivity contribution in [3.63, 3.8) is 0 Å². The van der Waals surface area contributed by atoms with E-state index in [0.29, 0.717) is 17.9 Å². The second-order valence-corrected chi connectivity index (χ2v) is 6.05. The molecule has 0 atom stereocenters. The maximum Gasteiger partial charge on any atom is 0.274 e. The summed E-state index contributed by atoms with van der Waals surface area (Å²) in [4.78, 5) is 12.8. The summed E-state index contributed by atoms with van der Waals surface area (Å²) < 4.78 is 1.04. The average Bonchev–Trinajstić information content (AvgIpc) is 2.84. The first-order valence-electron chi connectivity index (χ1n) is 4.91. The molecule has 7 heteroatoms. The third-order valence-corrected chi connectivity index (χ3v) is 3.89. The van der Waals surface area contributed by atoms with E-state index in [9.17, 15) is 4.79 Å². The van der Waals surface area contributed by atoms with E-state index >= 15 is 0 Å². The number of thiophene rings is 1. The largest absolute Gasteiger partial charge is 0.395 e. The van der Waals surface area contributed by atoms with E-state index < -0.39 is 0 Å². The summed E-state index contributed by atoms with van der Waals surface area (Å²) in [5, 5.41) is 9.32. The van der Waals surface area contributed by atoms with Crippen LogP contribution in [0.1, 0.15) is 21.1 Å². The molecule has 2 heterocycles. The predicted molar refractivity (Wildman–Crippen MR) is 70.9 cm³/mol. The van der Waals surface area contributed by atoms with Crippen molar-refractivity contribution < 1.29 is 4.79 Å². The van der Waals surface area contributed by atoms with Gasteiger partial charge in [-0.05, 0) is 35.0 Å². The highest BCUT2D eigenvalue weighted by Crippen LogP contribution is 2.22. The van der Waals surface area contributed by atoms with Gasteiger partial charge in [-0.2, -0.15) is 5.10 Å². The molecule has 5 nitrogen and oxygen atoms in total. The van der Waals surface area contributed by atoms with Gasteiger partial charge in [0.1, 0.15) is 0 Å². The predicted octanol–water partition coefficient (Wildman–Crippen LogP) is 2.05. The number of rotatable bonds is 3. The lowest BCUT2D eigenvalue weighted by molar-refractivity contribution is 0.0947. The van der Waals surface area contributed by atoms with Crippen molar-refractivity contribution >= 4 is 38.9 Å². The molecule has 90 valence electrons. The fraction of sp³-hybridized carbons (Fsp3) is 0.200. The number of nitrogens with two attached hydrogens (primary N) is 1. The van der Waals surface area contributed by atoms with E-state index in [1.165, 1.54) is 0 Å². The zero-order chi connectivity index (χ0) is 12.4. The lowest BCUT2D eigenvalue weighted by atomic mass is 10.3. The van der Waals surface area contributed by atoms with Crippen molar-refractivity contribution in [3.05, 3.63) is 32.2 Å². The number of halogens is 1. The highest BCUT2D eigenvalue weighted by atomic mass is 79.9. The fourth-order valence-corrected chi connectivity index (χ4v) is 2.73. The Morgan fingerprint density at radius 1 is 1.65 bits per heavy atom. The molecule has 0 radical (unpaired) electrons. The summed E-state index contributed by atoms with van der Waals surface area (Å²) in [6.07, 6.45) is 0. The maximum absolute atomic E-state index is 11.8. The van der Waals surface area contributed by atoms with Crippen LogP contribution in [0.5, 0.6) is 0 Å². The number of nitrogen functional groups attached to an aromatic ring is 1. The SMILES string of the molecule is Cc1[nH]nc(C(=O)NCc2ccc(Br)s2)c1N. The van der Waals surface area contributed by atoms with Crippen molar-refractivity contribution in [2.24, 2.45) is 0 Å². The summed E-state index contributed by atoms with van der Waals surface area (Å²) in [7, 11) is 0. The first kappa shape index (κ1) is 12.1. The normalized spacial score (nSPS) is 10.5. The standard InChI is InChI=1S/C10H11BrN4OS/c1-5-8(12)9(15-14-5)10(16)13-4-6-2-3-7(11)17-6/h2-3H,4,12H2,1H3,(H,13,16)(H,14,15). The number of aromatic nitrogens is 2. The molecule has 17 heavy (non-hydrogen) atoms. The van der Waals surface area contributed by atoms with Crippen LogP contribution in [0.4, 0.5) is 5.69 Å². The number of nitrogens with zero attached hydrogens (tertiary/aromatic N) is 1. The van der Waals surface area contributed by atoms with Crippen LogP contribution in [-0.2, 0) is 6.54 Å². The molecule has 0 saturated heterocycles. The van der Waals surface area contributed by atoms with Gasteiger partial charge >= 0.3 is 0 Å². The third-order valence-electron chi connectivity index (χ3n) is 2.26. The van der Waals surface area contributed by atoms with Gasteiger partial charge < -0.3 is 11.1 Å². The molecule has 0 saturated carbocycles. The van der Waals surface area contributed by atoms with Gasteiger partial charge in [0.25, 0.3) is 5.91 Å². The van der Waals surface area contributed by atoms with Crippen LogP contribution in [0.2, 0.25) is 0 Å². The summed E-state index contributed by atoms with van der Waals surface area (Å²) in [5.74, 6) is -0.267. The first-order chi connectivity index (χ1) is 8.08. The number of H-pyrrole nitrogens is 1. The van der Waals surface area contributed by atoms with Crippen LogP contribution < -0.4 is 11.1 Å². The van der Waals surface area contributed by atoms with Crippen LogP contribution in [0.3, 0.4) is 0 Å². The molecule has 0 unspecified atom stereocenters. The molecule has 0 fully saturated rings. The fourth-order valence-electron chi connectivity index (χ4n) is 1.31. The average molecular weight is 315 g/mol. The van der Waals surface area contributed by atoms with Gasteiger partial charge in [-0.3, -0.25) is 9.89 Å². The molecule has 4 N–H and O–H groups in total. The second-order valence-electron chi connectivity index (χ2n) is 3.50. The zero-order valence-corrected chi connectivity index (χ0v) is 11.5. The number of nitrogens with one attached hydrogen (secondary N) is 2. The minimum atomic E-state index is -0.267. The Kier molecular flexibility index (Phi) is 3.49. The highest BCUT2D eigenvalue weighted by molar-refractivity contribution is 9.11. The van der Waals surface area contributed by atoms with Crippen molar-refractivity contribution in [2.75, 3.05) is 5.73 Å². The van der Waals surface area contributed by atoms with Crippen molar-refractivity contribution in [1.82, 2.24) is 15.5 Å². The van der Waals surface area contributed by atoms with Crippen LogP contribution in [0, 0.1) is 6.92 Å². The van der Waals surface area contributed by atoms with E-state index in [4.69, 9.17) is 5.73 Å². The molecule has 0 aliphatic carbocycles. The number of hydrogen-bond acceptors (Lipinski definition) is 4. The molecule has 1 amide bonds. The Balaban J connectivity index is 2.00. The van der Waals surface area contributed by atoms with Gasteiger partial charge in [0, 0.05) is 4.88 Å². The smallest absolute Gasteiger partial charge is 0.274 e. The summed E-state index contributed by atoms with van der Waals surface area (Å²) in [5.41, 5.74) is 7.07. The Morgan fingerprint density at radius 3 is 2.94 bits per heavy atom. The molecule has 2 aromatic heterocycles. The Hall–Kier alpha value is -1.34. The van der Waals surface area contributed by atoms with Crippen molar-refractivity contribution in [2.45, 2.75) is 13.5 Å². The molecule has 0 aromatic carbocycles. The summed E-state index contributed by atoms with van der Waals surface area (Å²) in [6.45, 7) is 2.25. The number of amides is 1. The van der Waals surface area contributed by atoms with E-state index in [-0.39, 0.29) is 11.6 Å². The molecular weight excluding hydrogens is 304 g/mol. The highest BCUT2D eigenvalue weighted by Gasteiger charge is 2.14. The molecule has 0 spiro atoms. The number of carbonyl (C=O) groups is 1. The quantitative estimate of drug-likeness (QED) is 0.810. The van der Waals surface area contributed by atoms with E-state index in [1.54, 1.807) is 18.3 Å². The van der Waals surface area contributed by atoms with Crippen molar-refractivity contribution in [1.29, 1.82) is 0 Å². The Morgan fingerprint density at radius 2 is 2.41 bits per heavy atom. The van der Waals surface area contributed by atoms with Gasteiger partial charge in [-0.15, -0.1) is 11.3 Å². The molecule has 0 aliphatic heterocycles. The number of hydrogen-bond donors (Lipinski definition) is 3. The Bertz CT molecular complexity index is 548. The number of carbonyl (C=O) groups excluding carboxylic acids is 1. The van der Waals surface area contributed by atoms with Crippen LogP contribution in [0.25, 0.3) is 0 Å². The van der Waals surface area contributed by atoms with Gasteiger partial charge in [0.15, 0.2) is 5.69 Å².